The van der Waals surface area contributed by atoms with Crippen molar-refractivity contribution in [3.8, 4) is 0 Å². The molecule has 1 aliphatic rings. The van der Waals surface area contributed by atoms with Crippen LogP contribution in [0, 0.1) is 12.8 Å². The predicted molar refractivity (Wildman–Crippen MR) is 102 cm³/mol. The van der Waals surface area contributed by atoms with E-state index in [0.717, 1.165) is 0 Å². The van der Waals surface area contributed by atoms with Gasteiger partial charge in [-0.3, -0.25) is 10.1 Å². The molecular weight excluding hydrogens is 308 g/mol. The third kappa shape index (κ3) is 4.49. The number of carbonyl (C=O) groups is 1. The fraction of sp³-hybridized carbons (Fsp3) is 0.409. The third-order valence-corrected chi connectivity index (χ3v) is 5.09. The van der Waals surface area contributed by atoms with Gasteiger partial charge in [0.25, 0.3) is 0 Å². The number of hydrogen-bond donors (Lipinski definition) is 2. The second kappa shape index (κ2) is 7.83. The van der Waals surface area contributed by atoms with E-state index in [1.165, 1.54) is 29.5 Å². The number of rotatable bonds is 7. The Balaban J connectivity index is 1.63. The van der Waals surface area contributed by atoms with Gasteiger partial charge in [-0.15, -0.1) is 0 Å². The molecule has 2 aromatic carbocycles. The summed E-state index contributed by atoms with van der Waals surface area (Å²) in [6.07, 6.45) is 2.47. The van der Waals surface area contributed by atoms with Crippen molar-refractivity contribution in [2.24, 2.45) is 5.92 Å². The summed E-state index contributed by atoms with van der Waals surface area (Å²) in [4.78, 5) is 12.7. The Bertz CT molecular complexity index is 709. The van der Waals surface area contributed by atoms with E-state index in [9.17, 15) is 4.79 Å². The molecule has 25 heavy (non-hydrogen) atoms. The van der Waals surface area contributed by atoms with Crippen LogP contribution in [-0.4, -0.2) is 11.9 Å². The van der Waals surface area contributed by atoms with E-state index < -0.39 is 0 Å². The summed E-state index contributed by atoms with van der Waals surface area (Å²) in [5.74, 6) is 0.698. The van der Waals surface area contributed by atoms with Crippen molar-refractivity contribution in [1.82, 2.24) is 10.6 Å². The van der Waals surface area contributed by atoms with Crippen LogP contribution in [0.3, 0.4) is 0 Å². The van der Waals surface area contributed by atoms with Gasteiger partial charge in [0.05, 0.1) is 12.1 Å². The lowest BCUT2D eigenvalue weighted by Gasteiger charge is -2.25. The maximum Gasteiger partial charge on any atom is 0.237 e. The minimum absolute atomic E-state index is 0.00838. The summed E-state index contributed by atoms with van der Waals surface area (Å²) in [6, 6.07) is 18.7. The first-order valence-electron chi connectivity index (χ1n) is 9.23. The average molecular weight is 336 g/mol. The Morgan fingerprint density at radius 2 is 1.64 bits per heavy atom. The fourth-order valence-corrected chi connectivity index (χ4v) is 3.43. The van der Waals surface area contributed by atoms with Crippen LogP contribution in [0.2, 0.25) is 0 Å². The van der Waals surface area contributed by atoms with E-state index in [-0.39, 0.29) is 24.0 Å². The number of amides is 1. The monoisotopic (exact) mass is 336 g/mol. The zero-order valence-electron chi connectivity index (χ0n) is 15.3. The molecule has 1 fully saturated rings. The van der Waals surface area contributed by atoms with E-state index in [2.05, 4.69) is 54.0 Å². The van der Waals surface area contributed by atoms with Crippen molar-refractivity contribution < 1.29 is 4.79 Å². The van der Waals surface area contributed by atoms with Crippen molar-refractivity contribution in [2.45, 2.75) is 51.7 Å². The quantitative estimate of drug-likeness (QED) is 0.791. The lowest BCUT2D eigenvalue weighted by molar-refractivity contribution is -0.123. The van der Waals surface area contributed by atoms with Crippen molar-refractivity contribution in [3.63, 3.8) is 0 Å². The molecule has 1 amide bonds. The Labute approximate surface area is 150 Å². The van der Waals surface area contributed by atoms with Gasteiger partial charge < -0.3 is 5.32 Å². The van der Waals surface area contributed by atoms with Crippen LogP contribution in [-0.2, 0) is 4.79 Å². The summed E-state index contributed by atoms with van der Waals surface area (Å²) in [5.41, 5.74) is 3.65. The first-order valence-corrected chi connectivity index (χ1v) is 9.23. The van der Waals surface area contributed by atoms with Crippen molar-refractivity contribution in [1.29, 1.82) is 0 Å². The topological polar surface area (TPSA) is 41.1 Å². The third-order valence-electron chi connectivity index (χ3n) is 5.09. The van der Waals surface area contributed by atoms with Gasteiger partial charge in [-0.2, -0.15) is 0 Å². The molecule has 2 aromatic rings. The van der Waals surface area contributed by atoms with E-state index in [1.54, 1.807) is 0 Å². The van der Waals surface area contributed by atoms with Gasteiger partial charge in [0.1, 0.15) is 0 Å². The Kier molecular flexibility index (Phi) is 5.54. The van der Waals surface area contributed by atoms with E-state index >= 15 is 0 Å². The van der Waals surface area contributed by atoms with Crippen molar-refractivity contribution in [2.75, 3.05) is 0 Å². The van der Waals surface area contributed by atoms with Crippen LogP contribution in [0.5, 0.6) is 0 Å². The lowest BCUT2D eigenvalue weighted by Crippen LogP contribution is -2.45. The zero-order chi connectivity index (χ0) is 17.8. The van der Waals surface area contributed by atoms with Gasteiger partial charge in [-0.05, 0) is 56.2 Å². The van der Waals surface area contributed by atoms with Crippen molar-refractivity contribution >= 4 is 5.91 Å². The van der Waals surface area contributed by atoms with Crippen LogP contribution in [0.4, 0.5) is 0 Å². The maximum absolute atomic E-state index is 12.7. The van der Waals surface area contributed by atoms with Gasteiger partial charge >= 0.3 is 0 Å². The van der Waals surface area contributed by atoms with Crippen LogP contribution in [0.1, 0.15) is 55.5 Å². The summed E-state index contributed by atoms with van der Waals surface area (Å²) in [7, 11) is 0. The smallest absolute Gasteiger partial charge is 0.237 e. The molecular formula is C22H28N2O. The fourth-order valence-electron chi connectivity index (χ4n) is 3.43. The molecule has 0 aromatic heterocycles. The van der Waals surface area contributed by atoms with E-state index in [4.69, 9.17) is 0 Å². The van der Waals surface area contributed by atoms with E-state index in [1.807, 2.05) is 32.0 Å². The van der Waals surface area contributed by atoms with Crippen LogP contribution in [0.25, 0.3) is 0 Å². The van der Waals surface area contributed by atoms with Gasteiger partial charge in [-0.1, -0.05) is 54.6 Å². The van der Waals surface area contributed by atoms with Crippen molar-refractivity contribution in [3.05, 3.63) is 71.3 Å². The molecule has 3 heteroatoms. The summed E-state index contributed by atoms with van der Waals surface area (Å²) in [6.45, 7) is 6.08. The summed E-state index contributed by atoms with van der Waals surface area (Å²) in [5, 5.41) is 6.71. The van der Waals surface area contributed by atoms with Gasteiger partial charge in [0.2, 0.25) is 5.91 Å². The number of hydrogen-bond acceptors (Lipinski definition) is 2. The summed E-state index contributed by atoms with van der Waals surface area (Å²) < 4.78 is 0. The zero-order valence-corrected chi connectivity index (χ0v) is 15.3. The van der Waals surface area contributed by atoms with Gasteiger partial charge in [-0.25, -0.2) is 0 Å². The predicted octanol–water partition coefficient (Wildman–Crippen LogP) is 4.30. The minimum Gasteiger partial charge on any atom is -0.348 e. The Hall–Kier alpha value is -2.13. The molecule has 3 nitrogen and oxygen atoms in total. The molecule has 0 spiro atoms. The maximum atomic E-state index is 12.7. The highest BCUT2D eigenvalue weighted by atomic mass is 16.2. The largest absolute Gasteiger partial charge is 0.348 e. The second-order valence-corrected chi connectivity index (χ2v) is 7.20. The van der Waals surface area contributed by atoms with Crippen LogP contribution >= 0.6 is 0 Å². The van der Waals surface area contributed by atoms with Gasteiger partial charge in [0, 0.05) is 6.04 Å². The highest BCUT2D eigenvalue weighted by Crippen LogP contribution is 2.41. The number of carbonyl (C=O) groups excluding carboxylic acids is 1. The molecule has 1 saturated carbocycles. The lowest BCUT2D eigenvalue weighted by atomic mass is 10.0. The highest BCUT2D eigenvalue weighted by molar-refractivity contribution is 5.81. The first kappa shape index (κ1) is 17.7. The molecule has 3 atom stereocenters. The molecule has 0 heterocycles. The molecule has 132 valence electrons. The number of aryl methyl sites for hydroxylation is 1. The highest BCUT2D eigenvalue weighted by Gasteiger charge is 2.34. The molecule has 0 aliphatic heterocycles. The molecule has 1 aliphatic carbocycles. The Morgan fingerprint density at radius 3 is 2.28 bits per heavy atom. The molecule has 0 saturated heterocycles. The minimum atomic E-state index is -0.225. The summed E-state index contributed by atoms with van der Waals surface area (Å²) >= 11 is 0. The Morgan fingerprint density at radius 1 is 1.00 bits per heavy atom. The molecule has 2 N–H and O–H groups in total. The molecule has 3 rings (SSSR count). The second-order valence-electron chi connectivity index (χ2n) is 7.20. The van der Waals surface area contributed by atoms with E-state index in [0.29, 0.717) is 5.92 Å². The molecule has 0 bridgehead atoms. The number of benzene rings is 2. The molecule has 0 radical (unpaired) electrons. The van der Waals surface area contributed by atoms with Gasteiger partial charge in [0.15, 0.2) is 0 Å². The number of nitrogens with one attached hydrogen (secondary N) is 2. The molecule has 3 unspecified atom stereocenters. The normalized spacial score (nSPS) is 17.6. The SMILES string of the molecule is Cc1ccccc1C(C)NC(=O)C(C)NC(c1ccccc1)C1CC1. The average Bonchev–Trinajstić information content (AvgIpc) is 3.45. The standard InChI is InChI=1S/C22H28N2O/c1-15-9-7-8-12-20(15)16(2)24-22(25)17(3)23-21(19-13-14-19)18-10-5-4-6-11-18/h4-12,16-17,19,21,23H,13-14H2,1-3H3,(H,24,25). The van der Waals surface area contributed by atoms with Crippen LogP contribution in [0.15, 0.2) is 54.6 Å². The van der Waals surface area contributed by atoms with Crippen LogP contribution < -0.4 is 10.6 Å². The first-order chi connectivity index (χ1) is 12.1.